The van der Waals surface area contributed by atoms with Crippen LogP contribution in [-0.4, -0.2) is 372 Å². The minimum absolute atomic E-state index is 0. The molecule has 0 unspecified atom stereocenters. The smallest absolute Gasteiger partial charge is 3.00 e. The van der Waals surface area contributed by atoms with E-state index in [9.17, 15) is 0 Å². The Labute approximate surface area is 599 Å². The maximum absolute atomic E-state index is 3.04. The van der Waals surface area contributed by atoms with Crippen LogP contribution >= 0.6 is 0 Å². The van der Waals surface area contributed by atoms with Crippen molar-refractivity contribution in [2.45, 2.75) is 237 Å². The van der Waals surface area contributed by atoms with Gasteiger partial charge in [0.1, 0.15) is 0 Å². The molecule has 0 N–H and O–H groups in total. The summed E-state index contributed by atoms with van der Waals surface area (Å²) >= 11 is 36.5. The van der Waals surface area contributed by atoms with E-state index in [4.69, 9.17) is 0 Å². The first kappa shape index (κ1) is 96.3. The van der Waals surface area contributed by atoms with Crippen LogP contribution in [-0.2, 0) is 0 Å². The van der Waals surface area contributed by atoms with Crippen LogP contribution in [0.5, 0.6) is 0 Å². The molecule has 0 bridgehead atoms. The van der Waals surface area contributed by atoms with Crippen LogP contribution in [0.4, 0.5) is 0 Å². The number of hydrogen-bond donors (Lipinski definition) is 0. The van der Waals surface area contributed by atoms with Crippen LogP contribution in [0.15, 0.2) is 0 Å². The molecular weight excluding hydrogens is 2100 g/mol. The number of nitrogens with zero attached hydrogens (tertiary/aromatic N) is 6. The van der Waals surface area contributed by atoms with Crippen molar-refractivity contribution in [2.24, 2.45) is 0 Å². The Hall–Kier alpha value is 6.02. The number of unbranched alkanes of at least 4 members (excludes halogenated alkanes) is 12. The van der Waals surface area contributed by atoms with Gasteiger partial charge in [-0.1, -0.05) is 0 Å². The van der Waals surface area contributed by atoms with E-state index in [2.05, 4.69) is 303 Å². The zero-order chi connectivity index (χ0) is 56.4. The zero-order valence-electron chi connectivity index (χ0n) is 48.9. The van der Waals surface area contributed by atoms with Crippen LogP contribution in [0.1, 0.15) is 237 Å². The molecule has 436 valence electrons. The maximum Gasteiger partial charge on any atom is 3.00 e. The van der Waals surface area contributed by atoms with E-state index >= 15 is 0 Å². The van der Waals surface area contributed by atoms with Gasteiger partial charge in [0.25, 0.3) is 0 Å². The Kier molecular flexibility index (Phi) is 103. The molecule has 0 aliphatic heterocycles. The van der Waals surface area contributed by atoms with Crippen molar-refractivity contribution in [1.82, 2.24) is 0 Å². The predicted molar refractivity (Wildman–Crippen MR) is 349 cm³/mol. The summed E-state index contributed by atoms with van der Waals surface area (Å²) in [4.78, 5) is 0. The van der Waals surface area contributed by atoms with Gasteiger partial charge < -0.3 is 0 Å². The molecule has 0 fully saturated rings. The van der Waals surface area contributed by atoms with E-state index in [1.54, 1.807) is 0 Å². The molecule has 74 heavy (non-hydrogen) atoms. The fourth-order valence-corrected chi connectivity index (χ4v) is 10.6. The minimum Gasteiger partial charge on any atom is 3.00 e. The van der Waals surface area contributed by atoms with Crippen LogP contribution in [0.3, 0.4) is 0 Å². The van der Waals surface area contributed by atoms with Crippen molar-refractivity contribution >= 4 is 266 Å². The van der Waals surface area contributed by atoms with Crippen molar-refractivity contribution in [3.63, 3.8) is 0 Å². The molecule has 0 atom stereocenters. The largest absolute Gasteiger partial charge is 3.00 e. The third kappa shape index (κ3) is 76.0. The van der Waals surface area contributed by atoms with Gasteiger partial charge in [0.05, 0.1) is 0 Å². The third-order valence-corrected chi connectivity index (χ3v) is 17.4. The summed E-state index contributed by atoms with van der Waals surface area (Å²) in [5.74, 6) is 0. The van der Waals surface area contributed by atoms with Crippen molar-refractivity contribution in [2.75, 3.05) is 78.5 Å². The van der Waals surface area contributed by atoms with Gasteiger partial charge in [-0.05, 0) is 0 Å². The molecule has 6 nitrogen and oxygen atoms in total. The van der Waals surface area contributed by atoms with Gasteiger partial charge in [0, 0.05) is 0 Å². The first-order valence-electron chi connectivity index (χ1n) is 28.1. The van der Waals surface area contributed by atoms with Crippen molar-refractivity contribution < 1.29 is 27.5 Å². The normalized spacial score (nSPS) is 9.57. The van der Waals surface area contributed by atoms with Crippen molar-refractivity contribution in [3.8, 4) is 0 Å². The molecule has 0 aliphatic carbocycles. The third-order valence-electron chi connectivity index (χ3n) is 10.9. The molecular formula is C54H108Bi2N6Se12. The Morgan fingerprint density at radius 3 is 0.284 bits per heavy atom. The van der Waals surface area contributed by atoms with Crippen LogP contribution in [0, 0.1) is 0 Å². The van der Waals surface area contributed by atoms with Gasteiger partial charge in [-0.15, -0.1) is 0 Å². The van der Waals surface area contributed by atoms with Crippen molar-refractivity contribution in [3.05, 3.63) is 0 Å². The van der Waals surface area contributed by atoms with E-state index < -0.39 is 0 Å². The van der Waals surface area contributed by atoms with E-state index in [0.717, 1.165) is 0 Å². The number of hydrogen-bond acceptors (Lipinski definition) is 0. The van der Waals surface area contributed by atoms with Crippen molar-refractivity contribution in [1.29, 1.82) is 0 Å². The molecule has 0 rings (SSSR count). The molecule has 0 aromatic rings. The summed E-state index contributed by atoms with van der Waals surface area (Å²) < 4.78 is 21.7. The summed E-state index contributed by atoms with van der Waals surface area (Å²) in [5, 5.41) is 0. The predicted octanol–water partition coefficient (Wildman–Crippen LogP) is 6.99. The molecule has 0 aromatic carbocycles. The standard InChI is InChI=1S/6C9H19NSe2.2Bi/c6*1-3-5-7-10(9(11)12)8-6-4-2;;/h6*3-8H2,1-2H3,(H,11,12);;/q;;;;;;2*+3/p-6. The minimum atomic E-state index is 0. The molecule has 20 heteroatoms. The Bertz CT molecular complexity index is 1050. The SMILES string of the molecule is CCCC[N+](CCCC)=C([Se-])[Se-].CCCC[N+](CCCC)=C([Se-])[Se-].CCCC[N+](CCCC)=C([Se-])[Se-].CCCC[N+](CCCC)=C([Se-])[Se-].CCCC[N+](CCCC)=C([Se-])[Se-].CCCC[N+](CCCC)=C([Se-])[Se-].[Bi+3].[Bi+3]. The zero-order valence-corrected chi connectivity index (χ0v) is 76.4. The Balaban J connectivity index is -0.000000117. The molecule has 0 saturated heterocycles. The molecule has 0 amide bonds. The molecule has 0 heterocycles. The molecule has 0 spiro atoms. The molecule has 0 aliphatic rings. The summed E-state index contributed by atoms with van der Waals surface area (Å²) in [6.45, 7) is 41.0. The summed E-state index contributed by atoms with van der Waals surface area (Å²) in [7, 11) is 0. The molecule has 4 radical (unpaired) electrons. The summed E-state index contributed by atoms with van der Waals surface area (Å²) in [6.07, 6.45) is 30.7. The monoisotopic (exact) mass is 2220 g/mol. The summed E-state index contributed by atoms with van der Waals surface area (Å²) in [6, 6.07) is 0. The quantitative estimate of drug-likeness (QED) is 0.0367. The van der Waals surface area contributed by atoms with Gasteiger partial charge in [0.15, 0.2) is 0 Å². The molecule has 0 aromatic heterocycles. The van der Waals surface area contributed by atoms with Crippen LogP contribution < -0.4 is 0 Å². The van der Waals surface area contributed by atoms with E-state index in [1.165, 1.54) is 254 Å². The van der Waals surface area contributed by atoms with Crippen LogP contribution in [0.25, 0.3) is 0 Å². The van der Waals surface area contributed by atoms with Gasteiger partial charge in [-0.3, -0.25) is 0 Å². The fraction of sp³-hybridized carbons (Fsp3) is 0.889. The van der Waals surface area contributed by atoms with E-state index in [-0.39, 0.29) is 52.4 Å². The second-order valence-corrected chi connectivity index (χ2v) is 35.4. The molecule has 0 saturated carbocycles. The maximum atomic E-state index is 3.04. The van der Waals surface area contributed by atoms with E-state index in [0.29, 0.717) is 0 Å². The fourth-order valence-electron chi connectivity index (χ4n) is 5.95. The second kappa shape index (κ2) is 79.0. The Morgan fingerprint density at radius 1 is 0.176 bits per heavy atom. The number of rotatable bonds is 36. The topological polar surface area (TPSA) is 18.1 Å². The first-order valence-corrected chi connectivity index (χ1v) is 38.3. The Morgan fingerprint density at radius 2 is 0.243 bits per heavy atom. The first-order chi connectivity index (χ1) is 34.3. The second-order valence-electron chi connectivity index (χ2n) is 17.8. The van der Waals surface area contributed by atoms with Gasteiger partial charge >= 0.3 is 609 Å². The van der Waals surface area contributed by atoms with E-state index in [1.807, 2.05) is 0 Å². The average molecular weight is 2210 g/mol. The van der Waals surface area contributed by atoms with Crippen LogP contribution in [0.2, 0.25) is 0 Å². The van der Waals surface area contributed by atoms with Gasteiger partial charge in [0.2, 0.25) is 0 Å². The van der Waals surface area contributed by atoms with Gasteiger partial charge in [-0.25, -0.2) is 0 Å². The average Bonchev–Trinajstić information content (AvgIpc) is 3.34. The van der Waals surface area contributed by atoms with Gasteiger partial charge in [-0.2, -0.15) is 0 Å². The summed E-state index contributed by atoms with van der Waals surface area (Å²) in [5.41, 5.74) is 0.